The van der Waals surface area contributed by atoms with Crippen LogP contribution in [-0.2, 0) is 23.1 Å². The van der Waals surface area contributed by atoms with E-state index in [0.717, 1.165) is 49.3 Å². The van der Waals surface area contributed by atoms with Crippen LogP contribution in [0.3, 0.4) is 0 Å². The number of hydrogen-bond acceptors (Lipinski definition) is 5. The Kier molecular flexibility index (Phi) is 6.63. The summed E-state index contributed by atoms with van der Waals surface area (Å²) in [5.41, 5.74) is 10.7. The molecule has 0 aromatic heterocycles. The number of nitrogens with one attached hydrogen (secondary N) is 2. The minimum absolute atomic E-state index is 0.382. The molecule has 0 amide bonds. The van der Waals surface area contributed by atoms with E-state index in [1.165, 1.54) is 11.8 Å². The fourth-order valence-electron chi connectivity index (χ4n) is 3.65. The van der Waals surface area contributed by atoms with Crippen LogP contribution in [0.25, 0.3) is 0 Å². The summed E-state index contributed by atoms with van der Waals surface area (Å²) in [6, 6.07) is 14.6. The van der Waals surface area contributed by atoms with E-state index in [2.05, 4.69) is 28.4 Å². The van der Waals surface area contributed by atoms with Crippen molar-refractivity contribution in [3.63, 3.8) is 0 Å². The van der Waals surface area contributed by atoms with Gasteiger partial charge in [-0.15, -0.1) is 0 Å². The fraction of sp³-hybridized carbons (Fsp3) is 0.381. The third-order valence-electron chi connectivity index (χ3n) is 4.89. The molecule has 27 heavy (non-hydrogen) atoms. The first-order chi connectivity index (χ1) is 13.0. The lowest BCUT2D eigenvalue weighted by molar-refractivity contribution is 0.208. The maximum atomic E-state index is 11.5. The summed E-state index contributed by atoms with van der Waals surface area (Å²) in [7, 11) is -0.813. The number of piperidine rings is 1. The number of anilines is 2. The number of hydrogen-bond donors (Lipinski definition) is 3. The van der Waals surface area contributed by atoms with Gasteiger partial charge in [0.1, 0.15) is 0 Å². The molecule has 1 fully saturated rings. The number of nitrogen functional groups attached to an aromatic ring is 1. The molecular weight excluding hydrogens is 356 g/mol. The molecular formula is C21H28N4OS. The van der Waals surface area contributed by atoms with Crippen LogP contribution >= 0.6 is 0 Å². The van der Waals surface area contributed by atoms with Gasteiger partial charge in [0.15, 0.2) is 0 Å². The molecule has 1 heterocycles. The zero-order valence-electron chi connectivity index (χ0n) is 15.8. The molecule has 2 aromatic carbocycles. The van der Waals surface area contributed by atoms with Crippen molar-refractivity contribution in [1.29, 1.82) is 5.41 Å². The topological polar surface area (TPSA) is 82.2 Å². The highest BCUT2D eigenvalue weighted by molar-refractivity contribution is 7.83. The number of likely N-dealkylation sites (tertiary alicyclic amines) is 1. The molecule has 5 nitrogen and oxygen atoms in total. The number of nitrogens with two attached hydrogens (primary N) is 1. The maximum Gasteiger partial charge on any atom is 0.0482 e. The van der Waals surface area contributed by atoms with Gasteiger partial charge in [-0.3, -0.25) is 9.11 Å². The van der Waals surface area contributed by atoms with Crippen LogP contribution in [0.1, 0.15) is 29.5 Å². The summed E-state index contributed by atoms with van der Waals surface area (Å²) in [6.45, 7) is 2.99. The summed E-state index contributed by atoms with van der Waals surface area (Å²) in [6.07, 6.45) is 5.33. The van der Waals surface area contributed by atoms with Crippen molar-refractivity contribution in [2.45, 2.75) is 31.2 Å². The van der Waals surface area contributed by atoms with Crippen molar-refractivity contribution in [3.8, 4) is 0 Å². The summed E-state index contributed by atoms with van der Waals surface area (Å²) < 4.78 is 11.5. The quantitative estimate of drug-likeness (QED) is 0.506. The largest absolute Gasteiger partial charge is 0.398 e. The third-order valence-corrected chi connectivity index (χ3v) is 5.63. The second kappa shape index (κ2) is 9.15. The second-order valence-corrected chi connectivity index (χ2v) is 8.68. The zero-order chi connectivity index (χ0) is 19.2. The first-order valence-corrected chi connectivity index (χ1v) is 11.0. The summed E-state index contributed by atoms with van der Waals surface area (Å²) in [5.74, 6) is 0.616. The van der Waals surface area contributed by atoms with Crippen molar-refractivity contribution < 1.29 is 4.21 Å². The van der Waals surface area contributed by atoms with Crippen LogP contribution in [0.15, 0.2) is 42.5 Å². The highest BCUT2D eigenvalue weighted by Crippen LogP contribution is 2.21. The average molecular weight is 385 g/mol. The Labute approximate surface area is 163 Å². The molecule has 0 bridgehead atoms. The van der Waals surface area contributed by atoms with Gasteiger partial charge in [0.05, 0.1) is 0 Å². The number of rotatable bonds is 7. The van der Waals surface area contributed by atoms with Gasteiger partial charge in [-0.2, -0.15) is 0 Å². The predicted octanol–water partition coefficient (Wildman–Crippen LogP) is 3.22. The van der Waals surface area contributed by atoms with Crippen LogP contribution in [0, 0.1) is 5.41 Å². The molecule has 3 rings (SSSR count). The zero-order valence-corrected chi connectivity index (χ0v) is 16.6. The molecule has 6 heteroatoms. The summed E-state index contributed by atoms with van der Waals surface area (Å²) >= 11 is 0. The summed E-state index contributed by atoms with van der Waals surface area (Å²) in [4.78, 5) is 2.47. The van der Waals surface area contributed by atoms with Crippen LogP contribution in [0.5, 0.6) is 0 Å². The first-order valence-electron chi connectivity index (χ1n) is 9.30. The molecule has 2 unspecified atom stereocenters. The molecule has 0 radical (unpaired) electrons. The highest BCUT2D eigenvalue weighted by Gasteiger charge is 2.20. The van der Waals surface area contributed by atoms with E-state index >= 15 is 0 Å². The lowest BCUT2D eigenvalue weighted by atomic mass is 10.0. The molecule has 4 N–H and O–H groups in total. The standard InChI is InChI=1S/C21H28N4OS/c1-27(26)15-17-5-2-4-16(10-17)13-25-9-3-6-20(14-25)24-19-7-8-21(23)18(11-19)12-22/h2,4-5,7-8,10-12,20,22,24H,3,6,9,13-15,23H2,1H3. The van der Waals surface area contributed by atoms with Gasteiger partial charge in [-0.05, 0) is 48.7 Å². The van der Waals surface area contributed by atoms with E-state index in [0.29, 0.717) is 17.5 Å². The molecule has 0 saturated carbocycles. The lowest BCUT2D eigenvalue weighted by Crippen LogP contribution is -2.41. The normalized spacial score (nSPS) is 18.8. The fourth-order valence-corrected chi connectivity index (χ4v) is 4.30. The lowest BCUT2D eigenvalue weighted by Gasteiger charge is -2.34. The second-order valence-electron chi connectivity index (χ2n) is 7.24. The van der Waals surface area contributed by atoms with Gasteiger partial charge >= 0.3 is 0 Å². The van der Waals surface area contributed by atoms with Crippen LogP contribution in [0.2, 0.25) is 0 Å². The van der Waals surface area contributed by atoms with E-state index in [9.17, 15) is 4.21 Å². The van der Waals surface area contributed by atoms with Crippen molar-refractivity contribution in [3.05, 3.63) is 59.2 Å². The third kappa shape index (κ3) is 5.65. The van der Waals surface area contributed by atoms with Gasteiger partial charge in [0, 0.05) is 65.1 Å². The number of nitrogens with zero attached hydrogens (tertiary/aromatic N) is 1. The number of benzene rings is 2. The van der Waals surface area contributed by atoms with Crippen molar-refractivity contribution in [2.24, 2.45) is 0 Å². The Bertz CT molecular complexity index is 824. The van der Waals surface area contributed by atoms with Crippen LogP contribution in [0.4, 0.5) is 11.4 Å². The summed E-state index contributed by atoms with van der Waals surface area (Å²) in [5, 5.41) is 11.1. The highest BCUT2D eigenvalue weighted by atomic mass is 32.2. The van der Waals surface area contributed by atoms with E-state index < -0.39 is 10.8 Å². The smallest absolute Gasteiger partial charge is 0.0482 e. The average Bonchev–Trinajstić information content (AvgIpc) is 2.63. The Hall–Kier alpha value is -2.18. The van der Waals surface area contributed by atoms with Gasteiger partial charge in [-0.25, -0.2) is 0 Å². The molecule has 1 aliphatic rings. The SMILES string of the molecule is CS(=O)Cc1cccc(CN2CCCC(Nc3ccc(N)c(C=N)c3)C2)c1. The van der Waals surface area contributed by atoms with Crippen molar-refractivity contribution in [2.75, 3.05) is 30.4 Å². The Morgan fingerprint density at radius 2 is 2.11 bits per heavy atom. The molecule has 1 aliphatic heterocycles. The van der Waals surface area contributed by atoms with Gasteiger partial charge in [-0.1, -0.05) is 24.3 Å². The minimum atomic E-state index is -0.813. The van der Waals surface area contributed by atoms with Gasteiger partial charge in [0.25, 0.3) is 0 Å². The van der Waals surface area contributed by atoms with Crippen LogP contribution in [-0.4, -0.2) is 40.7 Å². The van der Waals surface area contributed by atoms with Crippen molar-refractivity contribution in [1.82, 2.24) is 4.90 Å². The van der Waals surface area contributed by atoms with E-state index in [1.54, 1.807) is 6.26 Å². The molecule has 0 spiro atoms. The first kappa shape index (κ1) is 19.6. The molecule has 2 aromatic rings. The van der Waals surface area contributed by atoms with Gasteiger partial charge < -0.3 is 16.5 Å². The Morgan fingerprint density at radius 3 is 2.89 bits per heavy atom. The monoisotopic (exact) mass is 384 g/mol. The Morgan fingerprint density at radius 1 is 1.30 bits per heavy atom. The van der Waals surface area contributed by atoms with Crippen LogP contribution < -0.4 is 11.1 Å². The Balaban J connectivity index is 1.61. The molecule has 2 atom stereocenters. The molecule has 0 aliphatic carbocycles. The molecule has 144 valence electrons. The van der Waals surface area contributed by atoms with Gasteiger partial charge in [0.2, 0.25) is 0 Å². The maximum absolute atomic E-state index is 11.5. The molecule has 1 saturated heterocycles. The van der Waals surface area contributed by atoms with E-state index in [4.69, 9.17) is 11.1 Å². The predicted molar refractivity (Wildman–Crippen MR) is 115 cm³/mol. The van der Waals surface area contributed by atoms with Crippen molar-refractivity contribution >= 4 is 28.4 Å². The van der Waals surface area contributed by atoms with E-state index in [1.807, 2.05) is 24.3 Å². The minimum Gasteiger partial charge on any atom is -0.398 e. The van der Waals surface area contributed by atoms with E-state index in [-0.39, 0.29) is 0 Å².